The molecule has 4 rings (SSSR count). The summed E-state index contributed by atoms with van der Waals surface area (Å²) in [4.78, 5) is 16.2. The molecule has 0 atom stereocenters. The summed E-state index contributed by atoms with van der Waals surface area (Å²) >= 11 is 0. The molecule has 0 saturated carbocycles. The van der Waals surface area contributed by atoms with Crippen LogP contribution in [-0.2, 0) is 0 Å². The molecule has 2 aromatic carbocycles. The summed E-state index contributed by atoms with van der Waals surface area (Å²) in [5, 5.41) is 2.37. The number of hydrogen-bond donors (Lipinski definition) is 0. The molecule has 0 aliphatic rings. The smallest absolute Gasteiger partial charge is 0.257 e. The van der Waals surface area contributed by atoms with Gasteiger partial charge in [0, 0.05) is 18.5 Å². The average molecular weight is 272 g/mol. The van der Waals surface area contributed by atoms with Crippen molar-refractivity contribution in [2.75, 3.05) is 0 Å². The first-order chi connectivity index (χ1) is 10.3. The molecule has 21 heavy (non-hydrogen) atoms. The Morgan fingerprint density at radius 1 is 0.857 bits per heavy atom. The maximum absolute atomic E-state index is 11.9. The van der Waals surface area contributed by atoms with Crippen LogP contribution in [0.2, 0.25) is 0 Å². The van der Waals surface area contributed by atoms with E-state index in [9.17, 15) is 4.79 Å². The molecule has 0 unspecified atom stereocenters. The standard InChI is InChI=1S/C18H12N2O/c21-18-10-11-19-17-9-8-14(12-20(17)18)16-7-3-5-13-4-1-2-6-15(13)16/h1-12H. The molecule has 0 aliphatic carbocycles. The van der Waals surface area contributed by atoms with E-state index in [1.54, 1.807) is 4.40 Å². The van der Waals surface area contributed by atoms with Gasteiger partial charge in [0.2, 0.25) is 0 Å². The number of pyridine rings is 1. The maximum atomic E-state index is 11.9. The lowest BCUT2D eigenvalue weighted by atomic mass is 9.99. The second kappa shape index (κ2) is 4.56. The van der Waals surface area contributed by atoms with Crippen molar-refractivity contribution in [2.45, 2.75) is 0 Å². The van der Waals surface area contributed by atoms with Crippen LogP contribution in [0.1, 0.15) is 0 Å². The molecule has 0 fully saturated rings. The first-order valence-corrected chi connectivity index (χ1v) is 6.78. The van der Waals surface area contributed by atoms with Crippen LogP contribution in [0.25, 0.3) is 27.5 Å². The van der Waals surface area contributed by atoms with E-state index in [-0.39, 0.29) is 5.56 Å². The van der Waals surface area contributed by atoms with E-state index < -0.39 is 0 Å². The van der Waals surface area contributed by atoms with Gasteiger partial charge in [-0.25, -0.2) is 4.98 Å². The van der Waals surface area contributed by atoms with E-state index in [4.69, 9.17) is 0 Å². The van der Waals surface area contributed by atoms with E-state index in [2.05, 4.69) is 29.2 Å². The number of fused-ring (bicyclic) bond motifs is 2. The Kier molecular flexibility index (Phi) is 2.57. The number of aromatic nitrogens is 2. The fourth-order valence-corrected chi connectivity index (χ4v) is 2.67. The van der Waals surface area contributed by atoms with E-state index in [1.807, 2.05) is 36.5 Å². The number of nitrogens with zero attached hydrogens (tertiary/aromatic N) is 2. The highest BCUT2D eigenvalue weighted by Crippen LogP contribution is 2.28. The van der Waals surface area contributed by atoms with Gasteiger partial charge in [-0.1, -0.05) is 42.5 Å². The largest absolute Gasteiger partial charge is 0.269 e. The Bertz CT molecular complexity index is 1010. The molecular weight excluding hydrogens is 260 g/mol. The van der Waals surface area contributed by atoms with Crippen molar-refractivity contribution in [1.29, 1.82) is 0 Å². The van der Waals surface area contributed by atoms with Crippen molar-refractivity contribution >= 4 is 16.4 Å². The Balaban J connectivity index is 2.05. The molecule has 4 aromatic rings. The zero-order chi connectivity index (χ0) is 14.2. The third kappa shape index (κ3) is 1.91. The molecular formula is C18H12N2O. The minimum Gasteiger partial charge on any atom is -0.269 e. The van der Waals surface area contributed by atoms with Gasteiger partial charge in [-0.2, -0.15) is 0 Å². The van der Waals surface area contributed by atoms with Crippen LogP contribution in [0.5, 0.6) is 0 Å². The highest BCUT2D eigenvalue weighted by molar-refractivity contribution is 5.96. The maximum Gasteiger partial charge on any atom is 0.257 e. The van der Waals surface area contributed by atoms with Gasteiger partial charge in [0.25, 0.3) is 5.56 Å². The molecule has 3 heteroatoms. The van der Waals surface area contributed by atoms with Crippen LogP contribution in [-0.4, -0.2) is 9.38 Å². The van der Waals surface area contributed by atoms with Gasteiger partial charge in [0.15, 0.2) is 0 Å². The first-order valence-electron chi connectivity index (χ1n) is 6.78. The van der Waals surface area contributed by atoms with Crippen molar-refractivity contribution in [3.63, 3.8) is 0 Å². The summed E-state index contributed by atoms with van der Waals surface area (Å²) in [6.45, 7) is 0. The Hall–Kier alpha value is -2.94. The van der Waals surface area contributed by atoms with Crippen molar-refractivity contribution < 1.29 is 0 Å². The minimum absolute atomic E-state index is 0.0675. The third-order valence-electron chi connectivity index (χ3n) is 3.69. The Morgan fingerprint density at radius 3 is 2.67 bits per heavy atom. The molecule has 100 valence electrons. The van der Waals surface area contributed by atoms with Gasteiger partial charge in [-0.05, 0) is 34.0 Å². The quantitative estimate of drug-likeness (QED) is 0.531. The van der Waals surface area contributed by atoms with Crippen LogP contribution in [0.15, 0.2) is 77.9 Å². The van der Waals surface area contributed by atoms with E-state index in [0.29, 0.717) is 5.65 Å². The van der Waals surface area contributed by atoms with Crippen molar-refractivity contribution in [1.82, 2.24) is 9.38 Å². The predicted octanol–water partition coefficient (Wildman–Crippen LogP) is 3.51. The number of rotatable bonds is 1. The first kappa shape index (κ1) is 11.9. The predicted molar refractivity (Wildman–Crippen MR) is 84.4 cm³/mol. The van der Waals surface area contributed by atoms with Crippen molar-refractivity contribution in [2.24, 2.45) is 0 Å². The van der Waals surface area contributed by atoms with Gasteiger partial charge >= 0.3 is 0 Å². The monoisotopic (exact) mass is 272 g/mol. The molecule has 0 saturated heterocycles. The molecule has 2 heterocycles. The molecule has 0 N–H and O–H groups in total. The lowest BCUT2D eigenvalue weighted by Gasteiger charge is -2.08. The van der Waals surface area contributed by atoms with Crippen LogP contribution >= 0.6 is 0 Å². The second-order valence-electron chi connectivity index (χ2n) is 4.96. The van der Waals surface area contributed by atoms with Crippen LogP contribution in [0.4, 0.5) is 0 Å². The zero-order valence-corrected chi connectivity index (χ0v) is 11.2. The lowest BCUT2D eigenvalue weighted by molar-refractivity contribution is 1.05. The molecule has 0 aliphatic heterocycles. The van der Waals surface area contributed by atoms with Gasteiger partial charge in [-0.15, -0.1) is 0 Å². The fourth-order valence-electron chi connectivity index (χ4n) is 2.67. The van der Waals surface area contributed by atoms with Gasteiger partial charge < -0.3 is 0 Å². The van der Waals surface area contributed by atoms with Gasteiger partial charge in [0.05, 0.1) is 0 Å². The van der Waals surface area contributed by atoms with Gasteiger partial charge in [-0.3, -0.25) is 9.20 Å². The number of hydrogen-bond acceptors (Lipinski definition) is 2. The molecule has 2 aromatic heterocycles. The summed E-state index contributed by atoms with van der Waals surface area (Å²) in [7, 11) is 0. The van der Waals surface area contributed by atoms with Crippen LogP contribution in [0.3, 0.4) is 0 Å². The number of benzene rings is 2. The molecule has 0 spiro atoms. The highest BCUT2D eigenvalue weighted by atomic mass is 16.1. The third-order valence-corrected chi connectivity index (χ3v) is 3.69. The summed E-state index contributed by atoms with van der Waals surface area (Å²) in [5.41, 5.74) is 2.72. The Labute approximate surface area is 121 Å². The van der Waals surface area contributed by atoms with Crippen molar-refractivity contribution in [3.8, 4) is 11.1 Å². The summed E-state index contributed by atoms with van der Waals surface area (Å²) in [6, 6.07) is 19.8. The average Bonchev–Trinajstić information content (AvgIpc) is 2.54. The van der Waals surface area contributed by atoms with Crippen molar-refractivity contribution in [3.05, 3.63) is 83.4 Å². The summed E-state index contributed by atoms with van der Waals surface area (Å²) in [6.07, 6.45) is 3.39. The SMILES string of the molecule is O=c1ccnc2ccc(-c3cccc4ccccc34)cn12. The highest BCUT2D eigenvalue weighted by Gasteiger charge is 2.05. The zero-order valence-electron chi connectivity index (χ0n) is 11.2. The molecule has 0 amide bonds. The lowest BCUT2D eigenvalue weighted by Crippen LogP contribution is -2.12. The van der Waals surface area contributed by atoms with E-state index in [0.717, 1.165) is 11.1 Å². The second-order valence-corrected chi connectivity index (χ2v) is 4.96. The normalized spacial score (nSPS) is 11.0. The fraction of sp³-hybridized carbons (Fsp3) is 0. The molecule has 0 radical (unpaired) electrons. The Morgan fingerprint density at radius 2 is 1.71 bits per heavy atom. The van der Waals surface area contributed by atoms with E-state index in [1.165, 1.54) is 23.0 Å². The summed E-state index contributed by atoms with van der Waals surface area (Å²) < 4.78 is 1.58. The van der Waals surface area contributed by atoms with Crippen LogP contribution < -0.4 is 5.56 Å². The molecule has 3 nitrogen and oxygen atoms in total. The minimum atomic E-state index is -0.0675. The van der Waals surface area contributed by atoms with Gasteiger partial charge in [0.1, 0.15) is 5.65 Å². The topological polar surface area (TPSA) is 34.4 Å². The molecule has 0 bridgehead atoms. The summed E-state index contributed by atoms with van der Waals surface area (Å²) in [5.74, 6) is 0. The van der Waals surface area contributed by atoms with Crippen LogP contribution in [0, 0.1) is 0 Å². The van der Waals surface area contributed by atoms with E-state index >= 15 is 0 Å².